The van der Waals surface area contributed by atoms with Crippen molar-refractivity contribution in [3.8, 4) is 28.0 Å². The Kier molecular flexibility index (Phi) is 9.54. The minimum absolute atomic E-state index is 0.0862. The first-order valence-corrected chi connectivity index (χ1v) is 17.9. The maximum absolute atomic E-state index is 13.9. The zero-order valence-corrected chi connectivity index (χ0v) is 28.4. The second-order valence-corrected chi connectivity index (χ2v) is 14.7. The number of alkyl halides is 12. The Labute approximate surface area is 296 Å². The summed E-state index contributed by atoms with van der Waals surface area (Å²) in [5.41, 5.74) is -9.44. The summed E-state index contributed by atoms with van der Waals surface area (Å²) < 4.78 is 208. The first kappa shape index (κ1) is 38.6. The van der Waals surface area contributed by atoms with Crippen LogP contribution in [0.4, 0.5) is 52.7 Å². The van der Waals surface area contributed by atoms with E-state index in [2.05, 4.69) is 0 Å². The van der Waals surface area contributed by atoms with E-state index in [0.717, 1.165) is 42.7 Å². The summed E-state index contributed by atoms with van der Waals surface area (Å²) in [7, 11) is -6.66. The third kappa shape index (κ3) is 8.04. The second kappa shape index (κ2) is 13.3. The molecule has 5 aromatic carbocycles. The van der Waals surface area contributed by atoms with Gasteiger partial charge in [0, 0.05) is 28.2 Å². The van der Waals surface area contributed by atoms with Crippen molar-refractivity contribution in [2.75, 3.05) is 6.26 Å². The van der Waals surface area contributed by atoms with Gasteiger partial charge in [0.15, 0.2) is 21.0 Å². The maximum Gasteiger partial charge on any atom is 0.453 e. The highest BCUT2D eigenvalue weighted by Gasteiger charge is 2.39. The zero-order chi connectivity index (χ0) is 39.6. The smallest absolute Gasteiger partial charge is 0.391 e. The van der Waals surface area contributed by atoms with Crippen LogP contribution in [0, 0.1) is 0 Å². The Hall–Kier alpha value is -5.09. The van der Waals surface area contributed by atoms with Gasteiger partial charge in [0.25, 0.3) is 0 Å². The number of sulfone groups is 1. The highest BCUT2D eigenvalue weighted by atomic mass is 32.2. The molecule has 1 heterocycles. The van der Waals surface area contributed by atoms with Crippen LogP contribution in [0.5, 0.6) is 5.75 Å². The average molecular weight is 811 g/mol. The minimum atomic E-state index is -5.23. The molecule has 0 fully saturated rings. The van der Waals surface area contributed by atoms with Crippen molar-refractivity contribution in [3.63, 3.8) is 0 Å². The Morgan fingerprint density at radius 1 is 0.519 bits per heavy atom. The number of halogens is 12. The lowest BCUT2D eigenvalue weighted by molar-refractivity contribution is -0.144. The Morgan fingerprint density at radius 2 is 0.870 bits per heavy atom. The highest BCUT2D eigenvalue weighted by molar-refractivity contribution is 7.90. The van der Waals surface area contributed by atoms with E-state index in [1.54, 1.807) is 0 Å². The Bertz CT molecular complexity index is 2350. The number of hydrogen-bond acceptors (Lipinski definition) is 5. The molecule has 0 spiro atoms. The van der Waals surface area contributed by atoms with Crippen molar-refractivity contribution in [3.05, 3.63) is 119 Å². The largest absolute Gasteiger partial charge is 0.453 e. The van der Waals surface area contributed by atoms with E-state index in [9.17, 15) is 61.1 Å². The van der Waals surface area contributed by atoms with E-state index in [1.165, 1.54) is 24.3 Å². The Morgan fingerprint density at radius 3 is 1.19 bits per heavy atom. The van der Waals surface area contributed by atoms with Crippen LogP contribution in [-0.4, -0.2) is 14.7 Å². The molecule has 0 N–H and O–H groups in total. The van der Waals surface area contributed by atoms with E-state index in [1.807, 2.05) is 0 Å². The molecule has 5 nitrogen and oxygen atoms in total. The van der Waals surface area contributed by atoms with E-state index >= 15 is 0 Å². The standard InChI is InChI=1S/C35H19F12O5PS/c1-54(48,49)25-10-8-24(9-11-25)50-53-51-30-26(18-12-20(32(36,37)38)16-21(13-18)33(39,40)41)4-2-6-28(30)29-7-3-5-27(31(29)52-53)19-14-22(34(42,43)44)17-23(15-19)35(45,46)47/h2-17H,1H3. The van der Waals surface area contributed by atoms with Crippen molar-refractivity contribution in [2.45, 2.75) is 29.6 Å². The quantitative estimate of drug-likeness (QED) is 0.162. The van der Waals surface area contributed by atoms with Crippen molar-refractivity contribution >= 4 is 40.0 Å². The fourth-order valence-electron chi connectivity index (χ4n) is 5.41. The molecule has 0 saturated carbocycles. The Balaban J connectivity index is 1.71. The van der Waals surface area contributed by atoms with E-state index in [-0.39, 0.29) is 44.7 Å². The van der Waals surface area contributed by atoms with Crippen LogP contribution in [0.25, 0.3) is 44.2 Å². The van der Waals surface area contributed by atoms with Crippen LogP contribution >= 0.6 is 8.24 Å². The molecule has 0 unspecified atom stereocenters. The molecular weight excluding hydrogens is 791 g/mol. The molecule has 19 heteroatoms. The molecule has 0 atom stereocenters. The number of para-hydroxylation sites is 2. The predicted octanol–water partition coefficient (Wildman–Crippen LogP) is 12.9. The van der Waals surface area contributed by atoms with E-state index in [4.69, 9.17) is 12.9 Å². The van der Waals surface area contributed by atoms with Crippen molar-refractivity contribution in [1.82, 2.24) is 0 Å². The van der Waals surface area contributed by atoms with Gasteiger partial charge in [-0.25, -0.2) is 8.42 Å². The van der Waals surface area contributed by atoms with Gasteiger partial charge in [0.05, 0.1) is 27.1 Å². The fourth-order valence-corrected chi connectivity index (χ4v) is 7.14. The second-order valence-electron chi connectivity index (χ2n) is 11.7. The molecule has 0 aliphatic carbocycles. The topological polar surface area (TPSA) is 69.7 Å². The molecule has 0 aliphatic rings. The maximum atomic E-state index is 13.9. The lowest BCUT2D eigenvalue weighted by Crippen LogP contribution is -2.11. The molecule has 284 valence electrons. The summed E-state index contributed by atoms with van der Waals surface area (Å²) in [4.78, 5) is -0.152. The first-order chi connectivity index (χ1) is 24.9. The molecule has 54 heavy (non-hydrogen) atoms. The minimum Gasteiger partial charge on any atom is -0.391 e. The number of fused-ring (bicyclic) bond motifs is 3. The van der Waals surface area contributed by atoms with Gasteiger partial charge >= 0.3 is 32.9 Å². The van der Waals surface area contributed by atoms with E-state index in [0.29, 0.717) is 24.3 Å². The summed E-state index contributed by atoms with van der Waals surface area (Å²) in [6.45, 7) is 0. The molecule has 0 amide bonds. The molecule has 1 aromatic heterocycles. The van der Waals surface area contributed by atoms with Crippen molar-refractivity contribution in [1.29, 1.82) is 0 Å². The number of rotatable bonds is 5. The summed E-state index contributed by atoms with van der Waals surface area (Å²) in [6, 6.07) is 13.4. The molecule has 0 radical (unpaired) electrons. The van der Waals surface area contributed by atoms with Gasteiger partial charge < -0.3 is 12.9 Å². The van der Waals surface area contributed by atoms with Gasteiger partial charge in [0.1, 0.15) is 5.75 Å². The predicted molar refractivity (Wildman–Crippen MR) is 173 cm³/mol. The SMILES string of the molecule is CS(=O)(=O)c1ccc(Op2oc3c(-c4cc(C(F)(F)F)cc(C(F)(F)F)c4)cccc3c3cccc(-c4cc(C(F)(F)F)cc(C(F)(F)F)c4)c3o2)cc1. The van der Waals surface area contributed by atoms with Gasteiger partial charge in [-0.05, 0) is 71.8 Å². The number of hydrogen-bond donors (Lipinski definition) is 0. The average Bonchev–Trinajstić information content (AvgIpc) is 3.22. The summed E-state index contributed by atoms with van der Waals surface area (Å²) in [5.74, 6) is -0.148. The van der Waals surface area contributed by atoms with Gasteiger partial charge in [0.2, 0.25) is 0 Å². The molecule has 0 saturated heterocycles. The monoisotopic (exact) mass is 810 g/mol. The van der Waals surface area contributed by atoms with Crippen LogP contribution in [0.1, 0.15) is 22.3 Å². The fraction of sp³-hybridized carbons (Fsp3) is 0.143. The third-order valence-electron chi connectivity index (χ3n) is 7.88. The van der Waals surface area contributed by atoms with Gasteiger partial charge in [-0.3, -0.25) is 0 Å². The van der Waals surface area contributed by atoms with Crippen LogP contribution in [-0.2, 0) is 34.5 Å². The lowest BCUT2D eigenvalue weighted by atomic mass is 9.95. The van der Waals surface area contributed by atoms with Crippen LogP contribution in [0.3, 0.4) is 0 Å². The number of benzene rings is 5. The van der Waals surface area contributed by atoms with Gasteiger partial charge in [-0.1, -0.05) is 36.4 Å². The summed E-state index contributed by atoms with van der Waals surface area (Å²) in [5, 5.41) is -0.196. The summed E-state index contributed by atoms with van der Waals surface area (Å²) >= 11 is 0. The first-order valence-electron chi connectivity index (χ1n) is 14.9. The summed E-state index contributed by atoms with van der Waals surface area (Å²) in [6.07, 6.45) is -20.0. The van der Waals surface area contributed by atoms with Gasteiger partial charge in [-0.2, -0.15) is 52.7 Å². The molecule has 6 rings (SSSR count). The van der Waals surface area contributed by atoms with E-state index < -0.39 is 87.3 Å². The molecule has 0 bridgehead atoms. The molecular formula is C35H19F12O5PS. The molecule has 0 aliphatic heterocycles. The van der Waals surface area contributed by atoms with Crippen molar-refractivity contribution in [2.24, 2.45) is 0 Å². The van der Waals surface area contributed by atoms with Crippen LogP contribution < -0.4 is 4.52 Å². The highest BCUT2D eigenvalue weighted by Crippen LogP contribution is 2.46. The molecule has 6 aromatic rings. The normalized spacial score (nSPS) is 13.1. The van der Waals surface area contributed by atoms with Gasteiger partial charge in [-0.15, -0.1) is 0 Å². The van der Waals surface area contributed by atoms with Crippen molar-refractivity contribution < 1.29 is 74.0 Å². The van der Waals surface area contributed by atoms with Crippen LogP contribution in [0.15, 0.2) is 110 Å². The van der Waals surface area contributed by atoms with Crippen LogP contribution in [0.2, 0.25) is 0 Å². The lowest BCUT2D eigenvalue weighted by Gasteiger charge is -2.15. The zero-order valence-electron chi connectivity index (χ0n) is 26.7. The third-order valence-corrected chi connectivity index (χ3v) is 10.0.